The van der Waals surface area contributed by atoms with Gasteiger partial charge in [0.1, 0.15) is 0 Å². The van der Waals surface area contributed by atoms with E-state index in [0.717, 1.165) is 16.8 Å². The highest BCUT2D eigenvalue weighted by Gasteiger charge is 2.19. The van der Waals surface area contributed by atoms with Crippen molar-refractivity contribution in [3.05, 3.63) is 111 Å². The van der Waals surface area contributed by atoms with E-state index in [1.165, 1.54) is 40.3 Å². The Kier molecular flexibility index (Phi) is 5.63. The number of H-pyrrole nitrogens is 1. The first-order valence-electron chi connectivity index (χ1n) is 10.2. The van der Waals surface area contributed by atoms with E-state index in [0.29, 0.717) is 16.5 Å². The van der Waals surface area contributed by atoms with Gasteiger partial charge < -0.3 is 0 Å². The molecule has 0 aliphatic rings. The zero-order valence-corrected chi connectivity index (χ0v) is 18.3. The average Bonchev–Trinajstić information content (AvgIpc) is 3.49. The largest absolute Gasteiger partial charge is 0.301 e. The monoisotopic (exact) mass is 468 g/mol. The Morgan fingerprint density at radius 2 is 1.53 bits per heavy atom. The molecule has 5 aromatic rings. The van der Waals surface area contributed by atoms with Crippen LogP contribution in [0.2, 0.25) is 0 Å². The van der Waals surface area contributed by atoms with Gasteiger partial charge >= 0.3 is 5.56 Å². The fourth-order valence-corrected chi connectivity index (χ4v) is 4.11. The summed E-state index contributed by atoms with van der Waals surface area (Å²) in [7, 11) is 0. The molecule has 2 heterocycles. The van der Waals surface area contributed by atoms with Crippen LogP contribution in [0.15, 0.2) is 105 Å². The number of thiazole rings is 1. The summed E-state index contributed by atoms with van der Waals surface area (Å²) in [5.74, 6) is 0. The normalized spacial score (nSPS) is 11.2. The summed E-state index contributed by atoms with van der Waals surface area (Å²) >= 11 is 1.33. The molecule has 0 radical (unpaired) electrons. The van der Waals surface area contributed by atoms with Crippen molar-refractivity contribution in [2.45, 2.75) is 0 Å². The summed E-state index contributed by atoms with van der Waals surface area (Å²) in [6.45, 7) is 0. The van der Waals surface area contributed by atoms with Gasteiger partial charge in [-0.15, -0.1) is 16.5 Å². The van der Waals surface area contributed by atoms with E-state index in [1.54, 1.807) is 0 Å². The van der Waals surface area contributed by atoms with Gasteiger partial charge in [0.25, 0.3) is 5.69 Å². The lowest BCUT2D eigenvalue weighted by atomic mass is 10.1. The lowest BCUT2D eigenvalue weighted by molar-refractivity contribution is -0.384. The minimum atomic E-state index is -0.489. The fourth-order valence-electron chi connectivity index (χ4n) is 3.32. The molecule has 9 nitrogen and oxygen atoms in total. The molecule has 1 N–H and O–H groups in total. The maximum absolute atomic E-state index is 13.3. The summed E-state index contributed by atoms with van der Waals surface area (Å²) in [4.78, 5) is 28.3. The molecule has 0 aliphatic heterocycles. The van der Waals surface area contributed by atoms with Crippen LogP contribution in [0.4, 0.5) is 17.1 Å². The molecule has 0 atom stereocenters. The van der Waals surface area contributed by atoms with Crippen molar-refractivity contribution < 1.29 is 4.92 Å². The third-order valence-corrected chi connectivity index (χ3v) is 5.83. The minimum Gasteiger partial charge on any atom is -0.286 e. The molecule has 34 heavy (non-hydrogen) atoms. The second-order valence-electron chi connectivity index (χ2n) is 7.20. The van der Waals surface area contributed by atoms with Crippen LogP contribution in [-0.2, 0) is 0 Å². The Morgan fingerprint density at radius 1 is 0.882 bits per heavy atom. The maximum Gasteiger partial charge on any atom is 0.301 e. The number of non-ortho nitro benzene ring substituents is 1. The van der Waals surface area contributed by atoms with Crippen LogP contribution in [0.3, 0.4) is 0 Å². The summed E-state index contributed by atoms with van der Waals surface area (Å²) in [6.07, 6.45) is 0. The lowest BCUT2D eigenvalue weighted by Gasteiger charge is -1.99. The van der Waals surface area contributed by atoms with Crippen LogP contribution in [0.25, 0.3) is 27.6 Å². The Bertz CT molecular complexity index is 1540. The van der Waals surface area contributed by atoms with E-state index in [-0.39, 0.29) is 11.4 Å². The SMILES string of the molecule is O=c1c(N=Nc2ccc([N+](=O)[O-])cc2)c(-c2ccccc2)[nH]n1-c1nc(-c2ccccc2)cs1. The predicted octanol–water partition coefficient (Wildman–Crippen LogP) is 6.28. The number of hydrogen-bond donors (Lipinski definition) is 1. The second kappa shape index (κ2) is 9.04. The topological polar surface area (TPSA) is 119 Å². The van der Waals surface area contributed by atoms with Gasteiger partial charge in [0.05, 0.1) is 22.0 Å². The number of nitro benzene ring substituents is 1. The average molecular weight is 468 g/mol. The standard InChI is InChI=1S/C24H16N6O3S/c31-23-22(27-26-18-11-13-19(14-12-18)30(32)33)21(17-9-5-2-6-10-17)28-29(23)24-25-20(15-34-24)16-7-3-1-4-8-16/h1-15,28H. The zero-order chi connectivity index (χ0) is 23.5. The third-order valence-electron chi connectivity index (χ3n) is 5.01. The van der Waals surface area contributed by atoms with Crippen molar-refractivity contribution in [3.63, 3.8) is 0 Å². The highest BCUT2D eigenvalue weighted by molar-refractivity contribution is 7.12. The number of aromatic nitrogens is 3. The van der Waals surface area contributed by atoms with Gasteiger partial charge in [-0.1, -0.05) is 60.7 Å². The van der Waals surface area contributed by atoms with E-state index in [2.05, 4.69) is 20.3 Å². The molecular weight excluding hydrogens is 452 g/mol. The van der Waals surface area contributed by atoms with Gasteiger partial charge in [-0.3, -0.25) is 20.0 Å². The van der Waals surface area contributed by atoms with Gasteiger partial charge in [-0.05, 0) is 12.1 Å². The number of benzene rings is 3. The Morgan fingerprint density at radius 3 is 2.18 bits per heavy atom. The van der Waals surface area contributed by atoms with Crippen LogP contribution in [0.5, 0.6) is 0 Å². The summed E-state index contributed by atoms with van der Waals surface area (Å²) in [6, 6.07) is 24.6. The Balaban J connectivity index is 1.57. The van der Waals surface area contributed by atoms with Gasteiger partial charge in [-0.25, -0.2) is 4.98 Å². The van der Waals surface area contributed by atoms with E-state index < -0.39 is 10.5 Å². The zero-order valence-electron chi connectivity index (χ0n) is 17.5. The quantitative estimate of drug-likeness (QED) is 0.179. The number of aromatic amines is 1. The van der Waals surface area contributed by atoms with Crippen LogP contribution in [-0.4, -0.2) is 19.7 Å². The van der Waals surface area contributed by atoms with Crippen molar-refractivity contribution in [1.82, 2.24) is 14.8 Å². The van der Waals surface area contributed by atoms with Crippen LogP contribution in [0.1, 0.15) is 0 Å². The van der Waals surface area contributed by atoms with Crippen molar-refractivity contribution in [3.8, 4) is 27.6 Å². The molecule has 166 valence electrons. The molecule has 2 aromatic heterocycles. The van der Waals surface area contributed by atoms with E-state index in [4.69, 9.17) is 0 Å². The Hall–Kier alpha value is -4.70. The molecular formula is C24H16N6O3S. The Labute approximate surface area is 196 Å². The number of nitrogens with zero attached hydrogens (tertiary/aromatic N) is 5. The number of nitro groups is 1. The molecule has 0 saturated carbocycles. The van der Waals surface area contributed by atoms with Crippen molar-refractivity contribution in [2.75, 3.05) is 0 Å². The lowest BCUT2D eigenvalue weighted by Crippen LogP contribution is -2.13. The van der Waals surface area contributed by atoms with E-state index >= 15 is 0 Å². The smallest absolute Gasteiger partial charge is 0.286 e. The molecule has 0 saturated heterocycles. The first-order valence-corrected chi connectivity index (χ1v) is 11.1. The molecule has 0 spiro atoms. The van der Waals surface area contributed by atoms with Crippen molar-refractivity contribution in [2.24, 2.45) is 10.2 Å². The number of rotatable bonds is 6. The summed E-state index contributed by atoms with van der Waals surface area (Å²) in [5, 5.41) is 24.7. The van der Waals surface area contributed by atoms with Gasteiger partial charge in [0.2, 0.25) is 5.13 Å². The highest BCUT2D eigenvalue weighted by atomic mass is 32.1. The number of nitrogens with one attached hydrogen (secondary N) is 1. The summed E-state index contributed by atoms with van der Waals surface area (Å²) in [5.41, 5.74) is 3.01. The van der Waals surface area contributed by atoms with Gasteiger partial charge in [-0.2, -0.15) is 9.80 Å². The van der Waals surface area contributed by atoms with Crippen molar-refractivity contribution in [1.29, 1.82) is 0 Å². The van der Waals surface area contributed by atoms with Gasteiger partial charge in [0, 0.05) is 28.6 Å². The minimum absolute atomic E-state index is 0.0501. The number of azo groups is 1. The molecule has 0 fully saturated rings. The molecule has 0 amide bonds. The van der Waals surface area contributed by atoms with Gasteiger partial charge in [0.15, 0.2) is 5.69 Å². The highest BCUT2D eigenvalue weighted by Crippen LogP contribution is 2.30. The molecule has 10 heteroatoms. The fraction of sp³-hybridized carbons (Fsp3) is 0. The first kappa shape index (κ1) is 21.2. The molecule has 0 bridgehead atoms. The molecule has 5 rings (SSSR count). The third kappa shape index (κ3) is 4.17. The molecule has 0 unspecified atom stereocenters. The first-order chi connectivity index (χ1) is 16.6. The van der Waals surface area contributed by atoms with Crippen molar-refractivity contribution >= 4 is 28.4 Å². The van der Waals surface area contributed by atoms with E-state index in [1.807, 2.05) is 66.0 Å². The van der Waals surface area contributed by atoms with Crippen LogP contribution >= 0.6 is 11.3 Å². The summed E-state index contributed by atoms with van der Waals surface area (Å²) < 4.78 is 1.35. The van der Waals surface area contributed by atoms with Crippen LogP contribution in [0, 0.1) is 10.1 Å². The predicted molar refractivity (Wildman–Crippen MR) is 130 cm³/mol. The van der Waals surface area contributed by atoms with Crippen LogP contribution < -0.4 is 5.56 Å². The second-order valence-corrected chi connectivity index (χ2v) is 8.03. The number of hydrogen-bond acceptors (Lipinski definition) is 7. The maximum atomic E-state index is 13.3. The molecule has 0 aliphatic carbocycles. The van der Waals surface area contributed by atoms with E-state index in [9.17, 15) is 14.9 Å². The molecule has 3 aromatic carbocycles.